The molecule has 4 rings (SSSR count). The van der Waals surface area contributed by atoms with Crippen molar-refractivity contribution in [3.63, 3.8) is 0 Å². The van der Waals surface area contributed by atoms with Crippen molar-refractivity contribution in [3.05, 3.63) is 58.6 Å². The number of halogens is 1. The number of hydrogen-bond donors (Lipinski definition) is 1. The van der Waals surface area contributed by atoms with E-state index < -0.39 is 5.60 Å². The number of carbonyl (C=O) groups is 1. The summed E-state index contributed by atoms with van der Waals surface area (Å²) in [6, 6.07) is 14.4. The van der Waals surface area contributed by atoms with E-state index in [0.29, 0.717) is 36.9 Å². The Balaban J connectivity index is 1.65. The van der Waals surface area contributed by atoms with Crippen LogP contribution in [0.1, 0.15) is 88.7 Å². The number of aryl methyl sites for hydroxylation is 1. The summed E-state index contributed by atoms with van der Waals surface area (Å²) in [5.41, 5.74) is 3.02. The zero-order valence-electron chi connectivity index (χ0n) is 23.4. The Morgan fingerprint density at radius 1 is 1.08 bits per heavy atom. The first-order chi connectivity index (χ1) is 18.5. The van der Waals surface area contributed by atoms with Crippen LogP contribution in [0, 0.1) is 11.8 Å². The Bertz CT molecular complexity index is 1050. The standard InChI is InChI=1S/C33H46ClNO3/c1-3-25-14-9-15-27(22-25)32-29(17-10-18-30(32)34)33(37,19-7-8-21-38-2)28-16-11-20-35(24-28)31(36)23-26-12-5-4-6-13-26/h9-10,14-15,17-18,22,26,28,37H,3-8,11-13,16,19-21,23-24H2,1-2H3/t28-,33+/m1/s1. The van der Waals surface area contributed by atoms with Gasteiger partial charge in [-0.1, -0.05) is 74.2 Å². The third kappa shape index (κ3) is 7.00. The van der Waals surface area contributed by atoms with E-state index in [9.17, 15) is 9.90 Å². The van der Waals surface area contributed by atoms with Crippen molar-refractivity contribution in [2.75, 3.05) is 26.8 Å². The van der Waals surface area contributed by atoms with E-state index >= 15 is 0 Å². The molecule has 1 N–H and O–H groups in total. The van der Waals surface area contributed by atoms with Crippen molar-refractivity contribution < 1.29 is 14.6 Å². The van der Waals surface area contributed by atoms with Gasteiger partial charge in [-0.3, -0.25) is 4.79 Å². The fourth-order valence-electron chi connectivity index (χ4n) is 6.69. The summed E-state index contributed by atoms with van der Waals surface area (Å²) in [7, 11) is 1.72. The van der Waals surface area contributed by atoms with Crippen molar-refractivity contribution in [1.82, 2.24) is 4.90 Å². The van der Waals surface area contributed by atoms with E-state index in [-0.39, 0.29) is 11.8 Å². The molecular weight excluding hydrogens is 494 g/mol. The van der Waals surface area contributed by atoms with Crippen LogP contribution in [0.5, 0.6) is 0 Å². The number of nitrogens with zero attached hydrogens (tertiary/aromatic N) is 1. The smallest absolute Gasteiger partial charge is 0.222 e. The molecule has 2 fully saturated rings. The zero-order chi connectivity index (χ0) is 27.0. The lowest BCUT2D eigenvalue weighted by molar-refractivity contribution is -0.138. The van der Waals surface area contributed by atoms with Gasteiger partial charge in [0.1, 0.15) is 0 Å². The highest BCUT2D eigenvalue weighted by atomic mass is 35.5. The summed E-state index contributed by atoms with van der Waals surface area (Å²) in [6.45, 7) is 4.23. The lowest BCUT2D eigenvalue weighted by Gasteiger charge is -2.44. The largest absolute Gasteiger partial charge is 0.385 e. The van der Waals surface area contributed by atoms with Crippen molar-refractivity contribution in [3.8, 4) is 11.1 Å². The van der Waals surface area contributed by atoms with Gasteiger partial charge in [-0.25, -0.2) is 0 Å². The number of unbranched alkanes of at least 4 members (excludes halogenated alkanes) is 1. The maximum absolute atomic E-state index is 13.4. The van der Waals surface area contributed by atoms with Gasteiger partial charge in [0.15, 0.2) is 0 Å². The molecule has 1 aliphatic heterocycles. The van der Waals surface area contributed by atoms with E-state index in [1.807, 2.05) is 17.0 Å². The molecule has 38 heavy (non-hydrogen) atoms. The lowest BCUT2D eigenvalue weighted by Crippen LogP contribution is -2.48. The molecule has 2 aliphatic rings. The van der Waals surface area contributed by atoms with Gasteiger partial charge >= 0.3 is 0 Å². The molecule has 1 aliphatic carbocycles. The summed E-state index contributed by atoms with van der Waals surface area (Å²) in [5.74, 6) is 0.751. The summed E-state index contributed by atoms with van der Waals surface area (Å²) < 4.78 is 5.31. The van der Waals surface area contributed by atoms with Crippen LogP contribution in [-0.4, -0.2) is 42.7 Å². The number of aliphatic hydroxyl groups is 1. The average molecular weight is 540 g/mol. The minimum absolute atomic E-state index is 0.0410. The topological polar surface area (TPSA) is 49.8 Å². The summed E-state index contributed by atoms with van der Waals surface area (Å²) in [5, 5.41) is 13.3. The Hall–Kier alpha value is -1.88. The van der Waals surface area contributed by atoms with Crippen LogP contribution in [-0.2, 0) is 21.6 Å². The molecule has 0 bridgehead atoms. The molecule has 1 saturated carbocycles. The number of ether oxygens (including phenoxy) is 1. The number of methoxy groups -OCH3 is 1. The Morgan fingerprint density at radius 2 is 1.87 bits per heavy atom. The number of likely N-dealkylation sites (tertiary alicyclic amines) is 1. The van der Waals surface area contributed by atoms with Gasteiger partial charge in [-0.2, -0.15) is 0 Å². The Labute approximate surface area is 234 Å². The van der Waals surface area contributed by atoms with Gasteiger partial charge < -0.3 is 14.7 Å². The quantitative estimate of drug-likeness (QED) is 0.296. The van der Waals surface area contributed by atoms with Gasteiger partial charge in [-0.05, 0) is 80.0 Å². The third-order valence-electron chi connectivity index (χ3n) is 8.90. The SMILES string of the molecule is CCc1cccc(-c2c(Cl)cccc2[C@](O)(CCCCOC)[C@@H]2CCCN(C(=O)CC3CCCCC3)C2)c1. The molecule has 4 nitrogen and oxygen atoms in total. The predicted octanol–water partition coefficient (Wildman–Crippen LogP) is 7.78. The predicted molar refractivity (Wildman–Crippen MR) is 156 cm³/mol. The number of hydrogen-bond acceptors (Lipinski definition) is 3. The third-order valence-corrected chi connectivity index (χ3v) is 9.21. The maximum Gasteiger partial charge on any atom is 0.222 e. The zero-order valence-corrected chi connectivity index (χ0v) is 24.1. The van der Waals surface area contributed by atoms with E-state index in [2.05, 4.69) is 37.3 Å². The monoisotopic (exact) mass is 539 g/mol. The minimum Gasteiger partial charge on any atom is -0.385 e. The average Bonchev–Trinajstić information content (AvgIpc) is 2.95. The number of piperidine rings is 1. The summed E-state index contributed by atoms with van der Waals surface area (Å²) in [6.07, 6.45) is 11.9. The number of benzene rings is 2. The second kappa shape index (κ2) is 14.0. The van der Waals surface area contributed by atoms with E-state index in [4.69, 9.17) is 16.3 Å². The molecule has 5 heteroatoms. The van der Waals surface area contributed by atoms with E-state index in [1.54, 1.807) is 7.11 Å². The second-order valence-electron chi connectivity index (χ2n) is 11.5. The normalized spacial score (nSPS) is 20.3. The number of rotatable bonds is 11. The molecular formula is C33H46ClNO3. The Morgan fingerprint density at radius 3 is 2.63 bits per heavy atom. The number of amides is 1. The van der Waals surface area contributed by atoms with Gasteiger partial charge in [-0.15, -0.1) is 0 Å². The fraction of sp³-hybridized carbons (Fsp3) is 0.606. The first-order valence-corrected chi connectivity index (χ1v) is 15.2. The van der Waals surface area contributed by atoms with Crippen LogP contribution in [0.15, 0.2) is 42.5 Å². The molecule has 0 radical (unpaired) electrons. The summed E-state index contributed by atoms with van der Waals surface area (Å²) >= 11 is 6.88. The molecule has 0 aromatic heterocycles. The molecule has 2 aromatic rings. The highest BCUT2D eigenvalue weighted by Crippen LogP contribution is 2.46. The van der Waals surface area contributed by atoms with Crippen molar-refractivity contribution in [2.24, 2.45) is 11.8 Å². The Kier molecular flexibility index (Phi) is 10.7. The molecule has 0 unspecified atom stereocenters. The van der Waals surface area contributed by atoms with Crippen LogP contribution in [0.3, 0.4) is 0 Å². The van der Waals surface area contributed by atoms with E-state index in [0.717, 1.165) is 55.3 Å². The van der Waals surface area contributed by atoms with Crippen LogP contribution in [0.2, 0.25) is 5.02 Å². The van der Waals surface area contributed by atoms with Crippen molar-refractivity contribution in [1.29, 1.82) is 0 Å². The van der Waals surface area contributed by atoms with Crippen LogP contribution in [0.4, 0.5) is 0 Å². The van der Waals surface area contributed by atoms with Gasteiger partial charge in [0, 0.05) is 49.7 Å². The van der Waals surface area contributed by atoms with Crippen LogP contribution < -0.4 is 0 Å². The van der Waals surface area contributed by atoms with Crippen molar-refractivity contribution >= 4 is 17.5 Å². The lowest BCUT2D eigenvalue weighted by atomic mass is 9.72. The van der Waals surface area contributed by atoms with Crippen LogP contribution >= 0.6 is 11.6 Å². The summed E-state index contributed by atoms with van der Waals surface area (Å²) in [4.78, 5) is 15.4. The van der Waals surface area contributed by atoms with Gasteiger partial charge in [0.25, 0.3) is 0 Å². The minimum atomic E-state index is -1.08. The highest BCUT2D eigenvalue weighted by molar-refractivity contribution is 6.33. The number of carbonyl (C=O) groups excluding carboxylic acids is 1. The highest BCUT2D eigenvalue weighted by Gasteiger charge is 2.43. The molecule has 2 atom stereocenters. The molecule has 208 valence electrons. The fourth-order valence-corrected chi connectivity index (χ4v) is 6.97. The molecule has 1 saturated heterocycles. The second-order valence-corrected chi connectivity index (χ2v) is 11.9. The molecule has 0 spiro atoms. The maximum atomic E-state index is 13.4. The van der Waals surface area contributed by atoms with E-state index in [1.165, 1.54) is 37.7 Å². The molecule has 1 heterocycles. The first kappa shape index (κ1) is 29.1. The van der Waals surface area contributed by atoms with Gasteiger partial charge in [0.2, 0.25) is 5.91 Å². The first-order valence-electron chi connectivity index (χ1n) is 14.8. The molecule has 2 aromatic carbocycles. The van der Waals surface area contributed by atoms with Gasteiger partial charge in [0.05, 0.1) is 5.60 Å². The van der Waals surface area contributed by atoms with Crippen molar-refractivity contribution in [2.45, 2.75) is 89.6 Å². The molecule has 1 amide bonds. The van der Waals surface area contributed by atoms with Crippen LogP contribution in [0.25, 0.3) is 11.1 Å².